The van der Waals surface area contributed by atoms with Gasteiger partial charge in [0, 0.05) is 6.42 Å². The van der Waals surface area contributed by atoms with Crippen molar-refractivity contribution in [3.05, 3.63) is 6.42 Å². The van der Waals surface area contributed by atoms with Crippen LogP contribution in [0.5, 0.6) is 0 Å². The van der Waals surface area contributed by atoms with Crippen LogP contribution in [-0.2, 0) is 9.53 Å². The molecule has 1 radical (unpaired) electrons. The molecule has 1 fully saturated rings. The third-order valence-electron chi connectivity index (χ3n) is 1.14. The molecule has 0 aromatic heterocycles. The van der Waals surface area contributed by atoms with Crippen molar-refractivity contribution in [2.45, 2.75) is 25.9 Å². The average molecular weight is 113 g/mol. The number of esters is 1. The Labute approximate surface area is 48.8 Å². The van der Waals surface area contributed by atoms with Gasteiger partial charge in [0.15, 0.2) is 0 Å². The van der Waals surface area contributed by atoms with Crippen LogP contribution in [0, 0.1) is 6.42 Å². The molecular formula is C6H9O2. The highest BCUT2D eigenvalue weighted by Crippen LogP contribution is 2.23. The van der Waals surface area contributed by atoms with Crippen molar-refractivity contribution in [1.82, 2.24) is 0 Å². The van der Waals surface area contributed by atoms with Gasteiger partial charge in [0.25, 0.3) is 0 Å². The zero-order valence-electron chi connectivity index (χ0n) is 5.10. The molecule has 1 heterocycles. The Bertz CT molecular complexity index is 116. The molecule has 1 rings (SSSR count). The van der Waals surface area contributed by atoms with Crippen LogP contribution in [0.15, 0.2) is 0 Å². The first-order valence-corrected chi connectivity index (χ1v) is 2.66. The van der Waals surface area contributed by atoms with Gasteiger partial charge in [-0.05, 0) is 13.8 Å². The van der Waals surface area contributed by atoms with Gasteiger partial charge in [-0.1, -0.05) is 0 Å². The molecule has 0 bridgehead atoms. The van der Waals surface area contributed by atoms with Crippen LogP contribution < -0.4 is 0 Å². The Kier molecular flexibility index (Phi) is 1.03. The average Bonchev–Trinajstić information content (AvgIpc) is 1.82. The smallest absolute Gasteiger partial charge is 0.306 e. The zero-order chi connectivity index (χ0) is 6.20. The second kappa shape index (κ2) is 1.47. The SMILES string of the molecule is CC1(C)[CH]CC(=O)O1. The van der Waals surface area contributed by atoms with Crippen molar-refractivity contribution in [3.63, 3.8) is 0 Å². The molecule has 0 spiro atoms. The summed E-state index contributed by atoms with van der Waals surface area (Å²) in [7, 11) is 0. The Morgan fingerprint density at radius 1 is 1.75 bits per heavy atom. The van der Waals surface area contributed by atoms with Gasteiger partial charge in [0.05, 0.1) is 6.42 Å². The fraction of sp³-hybridized carbons (Fsp3) is 0.667. The quantitative estimate of drug-likeness (QED) is 0.436. The number of ether oxygens (including phenoxy) is 1. The number of carbonyl (C=O) groups is 1. The Hall–Kier alpha value is -0.530. The van der Waals surface area contributed by atoms with Crippen LogP contribution in [-0.4, -0.2) is 11.6 Å². The zero-order valence-corrected chi connectivity index (χ0v) is 5.10. The van der Waals surface area contributed by atoms with Gasteiger partial charge in [-0.2, -0.15) is 0 Å². The topological polar surface area (TPSA) is 26.3 Å². The van der Waals surface area contributed by atoms with E-state index in [1.54, 1.807) is 0 Å². The molecule has 2 nitrogen and oxygen atoms in total. The fourth-order valence-electron chi connectivity index (χ4n) is 0.706. The standard InChI is InChI=1S/C6H9O2/c1-6(2)4-3-5(7)8-6/h4H,3H2,1-2H3. The Morgan fingerprint density at radius 3 is 2.50 bits per heavy atom. The summed E-state index contributed by atoms with van der Waals surface area (Å²) in [5, 5.41) is 0. The van der Waals surface area contributed by atoms with Gasteiger partial charge in [-0.3, -0.25) is 4.79 Å². The number of hydrogen-bond acceptors (Lipinski definition) is 2. The number of cyclic esters (lactones) is 1. The molecular weight excluding hydrogens is 104 g/mol. The first-order valence-electron chi connectivity index (χ1n) is 2.66. The molecule has 1 saturated heterocycles. The van der Waals surface area contributed by atoms with E-state index in [1.807, 2.05) is 20.3 Å². The maximum atomic E-state index is 10.4. The predicted molar refractivity (Wildman–Crippen MR) is 29.1 cm³/mol. The van der Waals surface area contributed by atoms with Gasteiger partial charge in [0.2, 0.25) is 0 Å². The minimum Gasteiger partial charge on any atom is -0.459 e. The molecule has 0 N–H and O–H groups in total. The summed E-state index contributed by atoms with van der Waals surface area (Å²) >= 11 is 0. The molecule has 0 aromatic rings. The largest absolute Gasteiger partial charge is 0.459 e. The van der Waals surface area contributed by atoms with Crippen molar-refractivity contribution >= 4 is 5.97 Å². The second-order valence-corrected chi connectivity index (χ2v) is 2.49. The first kappa shape index (κ1) is 5.60. The van der Waals surface area contributed by atoms with Crippen LogP contribution in [0.2, 0.25) is 0 Å². The first-order chi connectivity index (χ1) is 3.60. The number of hydrogen-bond donors (Lipinski definition) is 0. The lowest BCUT2D eigenvalue weighted by Crippen LogP contribution is -2.18. The van der Waals surface area contributed by atoms with Crippen LogP contribution in [0.1, 0.15) is 20.3 Å². The van der Waals surface area contributed by atoms with E-state index in [0.29, 0.717) is 6.42 Å². The highest BCUT2D eigenvalue weighted by Gasteiger charge is 2.30. The van der Waals surface area contributed by atoms with Gasteiger partial charge < -0.3 is 4.74 Å². The van der Waals surface area contributed by atoms with Gasteiger partial charge in [0.1, 0.15) is 5.60 Å². The van der Waals surface area contributed by atoms with E-state index < -0.39 is 0 Å². The summed E-state index contributed by atoms with van der Waals surface area (Å²) in [6, 6.07) is 0. The third kappa shape index (κ3) is 0.997. The number of carbonyl (C=O) groups excluding carboxylic acids is 1. The molecule has 8 heavy (non-hydrogen) atoms. The van der Waals surface area contributed by atoms with Gasteiger partial charge in [-0.15, -0.1) is 0 Å². The maximum Gasteiger partial charge on any atom is 0.306 e. The molecule has 2 heteroatoms. The molecule has 1 aliphatic rings. The Balaban J connectivity index is 2.56. The highest BCUT2D eigenvalue weighted by molar-refractivity contribution is 5.74. The molecule has 0 atom stereocenters. The van der Waals surface area contributed by atoms with E-state index in [9.17, 15) is 4.79 Å². The maximum absolute atomic E-state index is 10.4. The van der Waals surface area contributed by atoms with Crippen molar-refractivity contribution in [3.8, 4) is 0 Å². The summed E-state index contributed by atoms with van der Waals surface area (Å²) in [6.07, 6.45) is 2.34. The summed E-state index contributed by atoms with van der Waals surface area (Å²) in [4.78, 5) is 10.4. The molecule has 0 amide bonds. The lowest BCUT2D eigenvalue weighted by atomic mass is 10.1. The van der Waals surface area contributed by atoms with Crippen LogP contribution in [0.4, 0.5) is 0 Å². The van der Waals surface area contributed by atoms with E-state index in [2.05, 4.69) is 0 Å². The van der Waals surface area contributed by atoms with Crippen LogP contribution >= 0.6 is 0 Å². The van der Waals surface area contributed by atoms with Crippen LogP contribution in [0.3, 0.4) is 0 Å². The number of rotatable bonds is 0. The predicted octanol–water partition coefficient (Wildman–Crippen LogP) is 0.916. The normalized spacial score (nSPS) is 25.5. The van der Waals surface area contributed by atoms with E-state index in [-0.39, 0.29) is 11.6 Å². The van der Waals surface area contributed by atoms with Crippen LogP contribution in [0.25, 0.3) is 0 Å². The summed E-state index contributed by atoms with van der Waals surface area (Å²) < 4.78 is 4.85. The molecule has 0 aromatic carbocycles. The fourth-order valence-corrected chi connectivity index (χ4v) is 0.706. The van der Waals surface area contributed by atoms with E-state index in [1.165, 1.54) is 0 Å². The molecule has 45 valence electrons. The monoisotopic (exact) mass is 113 g/mol. The van der Waals surface area contributed by atoms with Crippen molar-refractivity contribution in [2.24, 2.45) is 0 Å². The van der Waals surface area contributed by atoms with E-state index >= 15 is 0 Å². The van der Waals surface area contributed by atoms with Crippen molar-refractivity contribution < 1.29 is 9.53 Å². The lowest BCUT2D eigenvalue weighted by Gasteiger charge is -2.13. The third-order valence-corrected chi connectivity index (χ3v) is 1.14. The Morgan fingerprint density at radius 2 is 2.38 bits per heavy atom. The minimum atomic E-state index is -0.308. The van der Waals surface area contributed by atoms with Crippen molar-refractivity contribution in [2.75, 3.05) is 0 Å². The molecule has 0 saturated carbocycles. The summed E-state index contributed by atoms with van der Waals surface area (Å²) in [5.74, 6) is -0.116. The highest BCUT2D eigenvalue weighted by atomic mass is 16.6. The molecule has 0 unspecified atom stereocenters. The lowest BCUT2D eigenvalue weighted by molar-refractivity contribution is -0.145. The molecule has 1 aliphatic heterocycles. The van der Waals surface area contributed by atoms with Gasteiger partial charge >= 0.3 is 5.97 Å². The molecule has 0 aliphatic carbocycles. The summed E-state index contributed by atoms with van der Waals surface area (Å²) in [5.41, 5.74) is -0.308. The van der Waals surface area contributed by atoms with E-state index in [0.717, 1.165) is 0 Å². The summed E-state index contributed by atoms with van der Waals surface area (Å²) in [6.45, 7) is 3.75. The minimum absolute atomic E-state index is 0.116. The van der Waals surface area contributed by atoms with Gasteiger partial charge in [-0.25, -0.2) is 0 Å². The second-order valence-electron chi connectivity index (χ2n) is 2.49. The van der Waals surface area contributed by atoms with Crippen molar-refractivity contribution in [1.29, 1.82) is 0 Å². The van der Waals surface area contributed by atoms with E-state index in [4.69, 9.17) is 4.74 Å².